The van der Waals surface area contributed by atoms with Crippen molar-refractivity contribution in [2.75, 3.05) is 20.3 Å². The summed E-state index contributed by atoms with van der Waals surface area (Å²) < 4.78 is 6.90. The molecule has 1 unspecified atom stereocenters. The summed E-state index contributed by atoms with van der Waals surface area (Å²) in [7, 11) is 1.69. The van der Waals surface area contributed by atoms with Gasteiger partial charge in [0.15, 0.2) is 5.82 Å². The number of ether oxygens (including phenoxy) is 1. The Balaban J connectivity index is 1.93. The van der Waals surface area contributed by atoms with E-state index in [2.05, 4.69) is 59.0 Å². The number of aromatic nitrogens is 4. The molecule has 6 heteroatoms. The standard InChI is InChI=1S/C15H23N5O/c1-12-5-4-6-14(11-12)7-9-20-15(17-18-19-20)13(2)16-8-10-21-3/h4-6,11,13,16H,7-10H2,1-3H3. The third-order valence-electron chi connectivity index (χ3n) is 3.40. The van der Waals surface area contributed by atoms with Crippen LogP contribution in [0.3, 0.4) is 0 Å². The van der Waals surface area contributed by atoms with Crippen molar-refractivity contribution in [2.24, 2.45) is 0 Å². The Morgan fingerprint density at radius 2 is 2.24 bits per heavy atom. The molecular weight excluding hydrogens is 266 g/mol. The first-order chi connectivity index (χ1) is 10.2. The van der Waals surface area contributed by atoms with Crippen molar-refractivity contribution in [3.05, 3.63) is 41.2 Å². The maximum atomic E-state index is 5.04. The lowest BCUT2D eigenvalue weighted by atomic mass is 10.1. The highest BCUT2D eigenvalue weighted by atomic mass is 16.5. The predicted molar refractivity (Wildman–Crippen MR) is 81.0 cm³/mol. The van der Waals surface area contributed by atoms with Crippen LogP contribution in [0.15, 0.2) is 24.3 Å². The second-order valence-corrected chi connectivity index (χ2v) is 5.17. The van der Waals surface area contributed by atoms with Crippen LogP contribution in [0.25, 0.3) is 0 Å². The van der Waals surface area contributed by atoms with Crippen molar-refractivity contribution in [3.63, 3.8) is 0 Å². The lowest BCUT2D eigenvalue weighted by molar-refractivity contribution is 0.195. The third-order valence-corrected chi connectivity index (χ3v) is 3.40. The van der Waals surface area contributed by atoms with Crippen LogP contribution in [0.5, 0.6) is 0 Å². The van der Waals surface area contributed by atoms with Gasteiger partial charge in [-0.05, 0) is 36.3 Å². The van der Waals surface area contributed by atoms with E-state index in [-0.39, 0.29) is 6.04 Å². The van der Waals surface area contributed by atoms with Gasteiger partial charge in [-0.3, -0.25) is 0 Å². The molecule has 1 aromatic carbocycles. The Hall–Kier alpha value is -1.79. The van der Waals surface area contributed by atoms with Crippen molar-refractivity contribution in [1.29, 1.82) is 0 Å². The minimum atomic E-state index is 0.104. The van der Waals surface area contributed by atoms with Crippen LogP contribution in [-0.4, -0.2) is 40.5 Å². The molecule has 114 valence electrons. The van der Waals surface area contributed by atoms with E-state index in [9.17, 15) is 0 Å². The highest BCUT2D eigenvalue weighted by molar-refractivity contribution is 5.22. The highest BCUT2D eigenvalue weighted by Crippen LogP contribution is 2.10. The molecule has 0 saturated carbocycles. The van der Waals surface area contributed by atoms with Gasteiger partial charge in [-0.15, -0.1) is 5.10 Å². The quantitative estimate of drug-likeness (QED) is 0.746. The van der Waals surface area contributed by atoms with Crippen LogP contribution in [0.2, 0.25) is 0 Å². The monoisotopic (exact) mass is 289 g/mol. The maximum Gasteiger partial charge on any atom is 0.167 e. The molecule has 21 heavy (non-hydrogen) atoms. The smallest absolute Gasteiger partial charge is 0.167 e. The van der Waals surface area contributed by atoms with Crippen LogP contribution in [0.4, 0.5) is 0 Å². The molecule has 6 nitrogen and oxygen atoms in total. The van der Waals surface area contributed by atoms with Crippen molar-refractivity contribution < 1.29 is 4.74 Å². The largest absolute Gasteiger partial charge is 0.383 e. The van der Waals surface area contributed by atoms with Crippen LogP contribution < -0.4 is 5.32 Å². The van der Waals surface area contributed by atoms with E-state index >= 15 is 0 Å². The first kappa shape index (κ1) is 15.6. The van der Waals surface area contributed by atoms with Crippen LogP contribution >= 0.6 is 0 Å². The minimum absolute atomic E-state index is 0.104. The van der Waals surface area contributed by atoms with Gasteiger partial charge in [0.2, 0.25) is 0 Å². The molecule has 0 spiro atoms. The Kier molecular flexibility index (Phi) is 5.83. The number of methoxy groups -OCH3 is 1. The van der Waals surface area contributed by atoms with Crippen molar-refractivity contribution in [2.45, 2.75) is 32.9 Å². The lowest BCUT2D eigenvalue weighted by Gasteiger charge is -2.13. The van der Waals surface area contributed by atoms with Gasteiger partial charge in [0, 0.05) is 20.2 Å². The van der Waals surface area contributed by atoms with Gasteiger partial charge in [0.05, 0.1) is 12.6 Å². The average molecular weight is 289 g/mol. The molecule has 0 fully saturated rings. The summed E-state index contributed by atoms with van der Waals surface area (Å²) in [4.78, 5) is 0. The summed E-state index contributed by atoms with van der Waals surface area (Å²) in [6.45, 7) is 6.40. The molecule has 0 aliphatic heterocycles. The van der Waals surface area contributed by atoms with E-state index in [1.165, 1.54) is 11.1 Å². The summed E-state index contributed by atoms with van der Waals surface area (Å²) in [5.41, 5.74) is 2.58. The molecule has 1 atom stereocenters. The van der Waals surface area contributed by atoms with Gasteiger partial charge in [-0.25, -0.2) is 4.68 Å². The number of aryl methyl sites for hydroxylation is 3. The molecule has 1 N–H and O–H groups in total. The Morgan fingerprint density at radius 3 is 3.00 bits per heavy atom. The van der Waals surface area contributed by atoms with Gasteiger partial charge in [-0.1, -0.05) is 29.8 Å². The number of hydrogen-bond donors (Lipinski definition) is 1. The topological polar surface area (TPSA) is 64.9 Å². The molecule has 2 aromatic rings. The zero-order valence-electron chi connectivity index (χ0n) is 12.9. The lowest BCUT2D eigenvalue weighted by Crippen LogP contribution is -2.26. The van der Waals surface area contributed by atoms with E-state index in [4.69, 9.17) is 4.74 Å². The van der Waals surface area contributed by atoms with Crippen LogP contribution in [0.1, 0.15) is 29.9 Å². The summed E-state index contributed by atoms with van der Waals surface area (Å²) in [6.07, 6.45) is 0.921. The van der Waals surface area contributed by atoms with E-state index in [1.54, 1.807) is 7.11 Å². The first-order valence-corrected chi connectivity index (χ1v) is 7.24. The third kappa shape index (κ3) is 4.61. The molecule has 0 aliphatic carbocycles. The summed E-state index contributed by atoms with van der Waals surface area (Å²) in [5, 5.41) is 15.3. The number of tetrazole rings is 1. The highest BCUT2D eigenvalue weighted by Gasteiger charge is 2.13. The number of rotatable bonds is 8. The van der Waals surface area contributed by atoms with E-state index in [0.717, 1.165) is 25.3 Å². The van der Waals surface area contributed by atoms with Crippen molar-refractivity contribution in [3.8, 4) is 0 Å². The van der Waals surface area contributed by atoms with E-state index < -0.39 is 0 Å². The van der Waals surface area contributed by atoms with Crippen molar-refractivity contribution >= 4 is 0 Å². The van der Waals surface area contributed by atoms with Gasteiger partial charge in [0.25, 0.3) is 0 Å². The molecule has 1 heterocycles. The van der Waals surface area contributed by atoms with E-state index in [1.807, 2.05) is 4.68 Å². The Morgan fingerprint density at radius 1 is 1.38 bits per heavy atom. The predicted octanol–water partition coefficient (Wildman–Crippen LogP) is 1.52. The number of benzene rings is 1. The number of hydrogen-bond acceptors (Lipinski definition) is 5. The molecule has 2 rings (SSSR count). The number of nitrogens with one attached hydrogen (secondary N) is 1. The van der Waals surface area contributed by atoms with Crippen LogP contribution in [-0.2, 0) is 17.7 Å². The second-order valence-electron chi connectivity index (χ2n) is 5.17. The Labute approximate surface area is 125 Å². The van der Waals surface area contributed by atoms with Crippen LogP contribution in [0, 0.1) is 6.92 Å². The fourth-order valence-electron chi connectivity index (χ4n) is 2.25. The molecule has 0 amide bonds. The first-order valence-electron chi connectivity index (χ1n) is 7.24. The molecule has 0 aliphatic rings. The SMILES string of the molecule is COCCNC(C)c1nnnn1CCc1cccc(C)c1. The summed E-state index contributed by atoms with van der Waals surface area (Å²) >= 11 is 0. The fraction of sp³-hybridized carbons (Fsp3) is 0.533. The Bertz CT molecular complexity index is 555. The zero-order valence-corrected chi connectivity index (χ0v) is 12.9. The van der Waals surface area contributed by atoms with E-state index in [0.29, 0.717) is 6.61 Å². The summed E-state index contributed by atoms with van der Waals surface area (Å²) in [5.74, 6) is 0.860. The average Bonchev–Trinajstić information content (AvgIpc) is 2.94. The fourth-order valence-corrected chi connectivity index (χ4v) is 2.25. The van der Waals surface area contributed by atoms with Gasteiger partial charge < -0.3 is 10.1 Å². The zero-order chi connectivity index (χ0) is 15.1. The molecule has 1 aromatic heterocycles. The molecule has 0 radical (unpaired) electrons. The second kappa shape index (κ2) is 7.85. The van der Waals surface area contributed by atoms with Gasteiger partial charge in [0.1, 0.15) is 0 Å². The maximum absolute atomic E-state index is 5.04. The van der Waals surface area contributed by atoms with Gasteiger partial charge >= 0.3 is 0 Å². The minimum Gasteiger partial charge on any atom is -0.383 e. The molecular formula is C15H23N5O. The molecule has 0 saturated heterocycles. The number of nitrogens with zero attached hydrogens (tertiary/aromatic N) is 4. The normalized spacial score (nSPS) is 12.5. The summed E-state index contributed by atoms with van der Waals surface area (Å²) in [6, 6.07) is 8.63. The van der Waals surface area contributed by atoms with Crippen molar-refractivity contribution in [1.82, 2.24) is 25.5 Å². The van der Waals surface area contributed by atoms with Gasteiger partial charge in [-0.2, -0.15) is 0 Å². The molecule has 0 bridgehead atoms.